The van der Waals surface area contributed by atoms with E-state index < -0.39 is 0 Å². The number of fused-ring (bicyclic) bond motifs is 1. The van der Waals surface area contributed by atoms with Crippen molar-refractivity contribution in [2.24, 2.45) is 14.1 Å². The van der Waals surface area contributed by atoms with Gasteiger partial charge in [-0.1, -0.05) is 30.3 Å². The molecule has 1 aliphatic rings. The molecule has 1 aliphatic heterocycles. The Hall–Kier alpha value is -2.62. The predicted molar refractivity (Wildman–Crippen MR) is 119 cm³/mol. The van der Waals surface area contributed by atoms with Crippen molar-refractivity contribution in [2.45, 2.75) is 32.5 Å². The third-order valence-electron chi connectivity index (χ3n) is 5.86. The molecule has 2 aromatic heterocycles. The molecule has 1 aromatic carbocycles. The summed E-state index contributed by atoms with van der Waals surface area (Å²) in [7, 11) is 3.19. The molecule has 0 spiro atoms. The van der Waals surface area contributed by atoms with Crippen LogP contribution in [-0.2, 0) is 31.9 Å². The Kier molecular flexibility index (Phi) is 7.76. The molecule has 10 heteroatoms. The minimum atomic E-state index is -0.361. The fraction of sp³-hybridized carbons (Fsp3) is 0.500. The first kappa shape index (κ1) is 24.0. The highest BCUT2D eigenvalue weighted by Gasteiger charge is 2.25. The van der Waals surface area contributed by atoms with Gasteiger partial charge in [-0.15, -0.1) is 0 Å². The summed E-state index contributed by atoms with van der Waals surface area (Å²) in [5.74, 6) is 0.742. The van der Waals surface area contributed by atoms with Gasteiger partial charge in [0.2, 0.25) is 5.95 Å². The molecule has 1 fully saturated rings. The fourth-order valence-corrected chi connectivity index (χ4v) is 4.16. The highest BCUT2D eigenvalue weighted by molar-refractivity contribution is 5.74. The van der Waals surface area contributed by atoms with Crippen molar-refractivity contribution in [2.75, 3.05) is 31.1 Å². The van der Waals surface area contributed by atoms with Gasteiger partial charge < -0.3 is 31.9 Å². The van der Waals surface area contributed by atoms with Crippen LogP contribution in [0.1, 0.15) is 18.9 Å². The van der Waals surface area contributed by atoms with Crippen LogP contribution in [-0.4, -0.2) is 51.0 Å². The molecular weight excluding hydrogens is 432 g/mol. The van der Waals surface area contributed by atoms with Gasteiger partial charge in [0, 0.05) is 45.7 Å². The van der Waals surface area contributed by atoms with E-state index in [1.165, 1.54) is 17.2 Å². The Morgan fingerprint density at radius 1 is 1.16 bits per heavy atom. The second-order valence-electron chi connectivity index (χ2n) is 8.19. The van der Waals surface area contributed by atoms with Crippen molar-refractivity contribution < 1.29 is 22.5 Å². The van der Waals surface area contributed by atoms with E-state index in [0.29, 0.717) is 37.4 Å². The summed E-state index contributed by atoms with van der Waals surface area (Å²) in [6.07, 6.45) is 0.977. The second kappa shape index (κ2) is 10.3. The van der Waals surface area contributed by atoms with Crippen LogP contribution in [0.5, 0.6) is 0 Å². The van der Waals surface area contributed by atoms with E-state index >= 15 is 0 Å². The van der Waals surface area contributed by atoms with E-state index in [1.54, 1.807) is 7.05 Å². The van der Waals surface area contributed by atoms with Crippen molar-refractivity contribution in [3.05, 3.63) is 56.7 Å². The normalized spacial score (nSPS) is 16.3. The van der Waals surface area contributed by atoms with Crippen LogP contribution < -0.4 is 33.9 Å². The van der Waals surface area contributed by atoms with Crippen molar-refractivity contribution in [3.63, 3.8) is 0 Å². The molecule has 3 aromatic rings. The number of nitrogens with two attached hydrogens (primary N) is 1. The Balaban J connectivity index is 0.00000289. The summed E-state index contributed by atoms with van der Waals surface area (Å²) in [6, 6.07) is 10.4. The number of ether oxygens (including phenoxy) is 1. The maximum absolute atomic E-state index is 13.0. The summed E-state index contributed by atoms with van der Waals surface area (Å²) in [5, 5.41) is 2.28. The van der Waals surface area contributed by atoms with E-state index in [9.17, 15) is 9.59 Å². The summed E-state index contributed by atoms with van der Waals surface area (Å²) in [5.41, 5.74) is 1.56. The average molecular weight is 463 g/mol. The van der Waals surface area contributed by atoms with Crippen molar-refractivity contribution >= 4 is 17.1 Å². The molecule has 4 rings (SSSR count). The Morgan fingerprint density at radius 3 is 2.62 bits per heavy atom. The van der Waals surface area contributed by atoms with E-state index in [1.807, 2.05) is 17.6 Å². The monoisotopic (exact) mass is 462 g/mol. The first-order chi connectivity index (χ1) is 15.0. The lowest BCUT2D eigenvalue weighted by Crippen LogP contribution is -3.00. The first-order valence-corrected chi connectivity index (χ1v) is 10.9. The van der Waals surface area contributed by atoms with Crippen LogP contribution in [0, 0.1) is 0 Å². The molecule has 1 atom stereocenters. The zero-order valence-corrected chi connectivity index (χ0v) is 19.6. The summed E-state index contributed by atoms with van der Waals surface area (Å²) >= 11 is 0. The molecule has 0 bridgehead atoms. The van der Waals surface area contributed by atoms with Gasteiger partial charge in [-0.3, -0.25) is 13.9 Å². The predicted octanol–water partition coefficient (Wildman–Crippen LogP) is -3.18. The minimum absolute atomic E-state index is 0. The van der Waals surface area contributed by atoms with Gasteiger partial charge in [0.1, 0.15) is 6.54 Å². The van der Waals surface area contributed by atoms with Crippen molar-refractivity contribution in [1.29, 1.82) is 0 Å². The number of aryl methyl sites for hydroxylation is 2. The third-order valence-corrected chi connectivity index (χ3v) is 5.86. The first-order valence-electron chi connectivity index (χ1n) is 10.9. The maximum Gasteiger partial charge on any atom is 0.332 e. The van der Waals surface area contributed by atoms with Gasteiger partial charge in [-0.25, -0.2) is 4.79 Å². The van der Waals surface area contributed by atoms with Crippen LogP contribution in [0.25, 0.3) is 11.2 Å². The fourth-order valence-electron chi connectivity index (χ4n) is 4.16. The number of morpholine rings is 1. The van der Waals surface area contributed by atoms with Crippen LogP contribution in [0.3, 0.4) is 0 Å². The zero-order chi connectivity index (χ0) is 22.0. The van der Waals surface area contributed by atoms with E-state index in [4.69, 9.17) is 9.72 Å². The van der Waals surface area contributed by atoms with Gasteiger partial charge in [0.25, 0.3) is 5.56 Å². The molecule has 0 amide bonds. The Morgan fingerprint density at radius 2 is 1.91 bits per heavy atom. The number of benzene rings is 1. The molecule has 32 heavy (non-hydrogen) atoms. The Labute approximate surface area is 193 Å². The molecule has 0 saturated carbocycles. The lowest BCUT2D eigenvalue weighted by atomic mass is 10.2. The third kappa shape index (κ3) is 4.74. The molecular formula is C22H31ClN6O3. The number of hydrogen-bond donors (Lipinski definition) is 1. The second-order valence-corrected chi connectivity index (χ2v) is 8.19. The van der Waals surface area contributed by atoms with Crippen LogP contribution in [0.2, 0.25) is 0 Å². The standard InChI is InChI=1S/C22H30N6O3.ClH/c1-16-15-27(12-13-31-16)21-24-19-18(20(29)26(3)22(30)25(19)2)28(21)11-7-10-23-14-17-8-5-4-6-9-17;/h4-6,8-9,16,23H,7,10-15H2,1-3H3;1H. The number of anilines is 1. The molecule has 1 unspecified atom stereocenters. The van der Waals surface area contributed by atoms with Crippen molar-refractivity contribution in [1.82, 2.24) is 18.7 Å². The lowest BCUT2D eigenvalue weighted by molar-refractivity contribution is -0.671. The SMILES string of the molecule is CC1CN(c2nc3c(c(=O)n(C)c(=O)n3C)n2CCC[NH2+]Cc2ccccc2)CCO1.[Cl-]. The van der Waals surface area contributed by atoms with Crippen LogP contribution in [0.4, 0.5) is 5.95 Å². The molecule has 0 radical (unpaired) electrons. The maximum atomic E-state index is 13.0. The molecule has 0 aliphatic carbocycles. The minimum Gasteiger partial charge on any atom is -1.00 e. The van der Waals surface area contributed by atoms with Gasteiger partial charge in [-0.05, 0) is 6.92 Å². The number of halogens is 1. The van der Waals surface area contributed by atoms with Gasteiger partial charge in [0.05, 0.1) is 19.3 Å². The van der Waals surface area contributed by atoms with Gasteiger partial charge in [0.15, 0.2) is 11.2 Å². The smallest absolute Gasteiger partial charge is 0.332 e. The summed E-state index contributed by atoms with van der Waals surface area (Å²) in [6.45, 7) is 6.59. The van der Waals surface area contributed by atoms with E-state index in [2.05, 4.69) is 34.5 Å². The molecule has 174 valence electrons. The molecule has 1 saturated heterocycles. The number of nitrogens with zero attached hydrogens (tertiary/aromatic N) is 5. The number of aromatic nitrogens is 4. The average Bonchev–Trinajstić information content (AvgIpc) is 3.16. The number of quaternary nitrogens is 1. The largest absolute Gasteiger partial charge is 1.00 e. The summed E-state index contributed by atoms with van der Waals surface area (Å²) < 4.78 is 10.3. The molecule has 3 heterocycles. The van der Waals surface area contributed by atoms with Crippen LogP contribution in [0.15, 0.2) is 39.9 Å². The lowest BCUT2D eigenvalue weighted by Gasteiger charge is -2.32. The number of imidazole rings is 1. The van der Waals surface area contributed by atoms with E-state index in [-0.39, 0.29) is 29.8 Å². The highest BCUT2D eigenvalue weighted by Crippen LogP contribution is 2.22. The highest BCUT2D eigenvalue weighted by atomic mass is 35.5. The topological polar surface area (TPSA) is 90.9 Å². The van der Waals surface area contributed by atoms with E-state index in [0.717, 1.165) is 30.0 Å². The van der Waals surface area contributed by atoms with Gasteiger partial charge >= 0.3 is 5.69 Å². The Bertz CT molecular complexity index is 1170. The van der Waals surface area contributed by atoms with Gasteiger partial charge in [-0.2, -0.15) is 4.98 Å². The number of hydrogen-bond acceptors (Lipinski definition) is 5. The summed E-state index contributed by atoms with van der Waals surface area (Å²) in [4.78, 5) is 32.3. The number of rotatable bonds is 7. The zero-order valence-electron chi connectivity index (χ0n) is 18.8. The molecule has 2 N–H and O–H groups in total. The molecule has 9 nitrogen and oxygen atoms in total. The van der Waals surface area contributed by atoms with Crippen molar-refractivity contribution in [3.8, 4) is 0 Å². The van der Waals surface area contributed by atoms with Crippen LogP contribution >= 0.6 is 0 Å². The quantitative estimate of drug-likeness (QED) is 0.374.